The van der Waals surface area contributed by atoms with Gasteiger partial charge in [-0.05, 0) is 42.9 Å². The molecule has 124 valence electrons. The molecule has 3 heteroatoms. The maximum Gasteiger partial charge on any atom is 0.172 e. The summed E-state index contributed by atoms with van der Waals surface area (Å²) in [6, 6.07) is 22.3. The Bertz CT molecular complexity index is 657. The molecule has 5 rings (SSSR count). The molecule has 3 unspecified atom stereocenters. The van der Waals surface area contributed by atoms with Crippen LogP contribution in [0.25, 0.3) is 0 Å². The van der Waals surface area contributed by atoms with Gasteiger partial charge in [0.2, 0.25) is 0 Å². The minimum atomic E-state index is -0.370. The van der Waals surface area contributed by atoms with Gasteiger partial charge in [-0.1, -0.05) is 60.7 Å². The summed E-state index contributed by atoms with van der Waals surface area (Å²) in [6.07, 6.45) is 3.69. The first-order chi connectivity index (χ1) is 11.9. The number of ether oxygens (including phenoxy) is 2. The molecule has 2 aliphatic carbocycles. The molecule has 0 N–H and O–H groups in total. The largest absolute Gasteiger partial charge is 0.347 e. The minimum Gasteiger partial charge on any atom is -0.347 e. The van der Waals surface area contributed by atoms with Gasteiger partial charge in [0.25, 0.3) is 0 Å². The van der Waals surface area contributed by atoms with E-state index >= 15 is 0 Å². The molecule has 2 aromatic rings. The highest BCUT2D eigenvalue weighted by atomic mass is 31.1. The van der Waals surface area contributed by atoms with Gasteiger partial charge in [-0.25, -0.2) is 0 Å². The summed E-state index contributed by atoms with van der Waals surface area (Å²) < 4.78 is 12.4. The summed E-state index contributed by atoms with van der Waals surface area (Å²) in [6.45, 7) is 1.54. The van der Waals surface area contributed by atoms with E-state index in [4.69, 9.17) is 9.47 Å². The first kappa shape index (κ1) is 15.1. The normalized spacial score (nSPS) is 30.5. The SMILES string of the molecule is c1ccc(P(c2ccccc2)C2C3CCC2C2(C3)OCCO2)cc1. The highest BCUT2D eigenvalue weighted by Gasteiger charge is 2.62. The molecule has 0 aromatic heterocycles. The van der Waals surface area contributed by atoms with Gasteiger partial charge in [0.1, 0.15) is 0 Å². The van der Waals surface area contributed by atoms with Crippen LogP contribution < -0.4 is 10.6 Å². The van der Waals surface area contributed by atoms with E-state index in [2.05, 4.69) is 60.7 Å². The van der Waals surface area contributed by atoms with Crippen LogP contribution in [0.1, 0.15) is 19.3 Å². The molecule has 3 fully saturated rings. The van der Waals surface area contributed by atoms with Gasteiger partial charge in [-0.2, -0.15) is 0 Å². The molecular weight excluding hydrogens is 315 g/mol. The van der Waals surface area contributed by atoms with Crippen LogP contribution >= 0.6 is 7.92 Å². The maximum absolute atomic E-state index is 6.18. The Labute approximate surface area is 144 Å². The van der Waals surface area contributed by atoms with Crippen molar-refractivity contribution >= 4 is 18.5 Å². The molecular formula is C21H23O2P. The van der Waals surface area contributed by atoms with Crippen molar-refractivity contribution in [1.82, 2.24) is 0 Å². The molecule has 1 aliphatic heterocycles. The zero-order valence-corrected chi connectivity index (χ0v) is 14.7. The zero-order valence-electron chi connectivity index (χ0n) is 13.8. The second-order valence-corrected chi connectivity index (χ2v) is 9.56. The van der Waals surface area contributed by atoms with Crippen LogP contribution in [-0.4, -0.2) is 24.7 Å². The fourth-order valence-corrected chi connectivity index (χ4v) is 8.53. The molecule has 2 bridgehead atoms. The highest BCUT2D eigenvalue weighted by Crippen LogP contribution is 2.64. The van der Waals surface area contributed by atoms with E-state index in [1.165, 1.54) is 23.5 Å². The van der Waals surface area contributed by atoms with Crippen LogP contribution in [0.3, 0.4) is 0 Å². The lowest BCUT2D eigenvalue weighted by Crippen LogP contribution is -2.38. The van der Waals surface area contributed by atoms with Crippen molar-refractivity contribution in [2.24, 2.45) is 11.8 Å². The van der Waals surface area contributed by atoms with E-state index < -0.39 is 0 Å². The lowest BCUT2D eigenvalue weighted by molar-refractivity contribution is -0.189. The average Bonchev–Trinajstić information content (AvgIpc) is 3.33. The summed E-state index contributed by atoms with van der Waals surface area (Å²) in [4.78, 5) is 0. The lowest BCUT2D eigenvalue weighted by atomic mass is 9.94. The molecule has 0 radical (unpaired) electrons. The minimum absolute atomic E-state index is 0.266. The molecule has 3 atom stereocenters. The lowest BCUT2D eigenvalue weighted by Gasteiger charge is -2.34. The van der Waals surface area contributed by atoms with Gasteiger partial charge in [-0.15, -0.1) is 0 Å². The van der Waals surface area contributed by atoms with Gasteiger partial charge in [-0.3, -0.25) is 0 Å². The van der Waals surface area contributed by atoms with Crippen molar-refractivity contribution in [3.05, 3.63) is 60.7 Å². The van der Waals surface area contributed by atoms with Gasteiger partial charge in [0.15, 0.2) is 5.79 Å². The van der Waals surface area contributed by atoms with Crippen molar-refractivity contribution in [3.8, 4) is 0 Å². The van der Waals surface area contributed by atoms with Crippen LogP contribution in [0.2, 0.25) is 0 Å². The Morgan fingerprint density at radius 3 is 1.96 bits per heavy atom. The fourth-order valence-electron chi connectivity index (χ4n) is 5.15. The predicted octanol–water partition coefficient (Wildman–Crippen LogP) is 3.66. The van der Waals surface area contributed by atoms with Crippen LogP contribution in [0.4, 0.5) is 0 Å². The Morgan fingerprint density at radius 2 is 1.38 bits per heavy atom. The third-order valence-electron chi connectivity index (χ3n) is 6.00. The molecule has 2 saturated carbocycles. The van der Waals surface area contributed by atoms with Crippen molar-refractivity contribution in [1.29, 1.82) is 0 Å². The van der Waals surface area contributed by atoms with Crippen LogP contribution in [0.5, 0.6) is 0 Å². The van der Waals surface area contributed by atoms with E-state index in [9.17, 15) is 0 Å². The van der Waals surface area contributed by atoms with E-state index in [1.807, 2.05) is 0 Å². The molecule has 3 aliphatic rings. The van der Waals surface area contributed by atoms with E-state index in [-0.39, 0.29) is 13.7 Å². The highest BCUT2D eigenvalue weighted by molar-refractivity contribution is 7.73. The molecule has 1 saturated heterocycles. The molecule has 1 heterocycles. The predicted molar refractivity (Wildman–Crippen MR) is 98.3 cm³/mol. The number of fused-ring (bicyclic) bond motifs is 3. The van der Waals surface area contributed by atoms with Gasteiger partial charge in [0.05, 0.1) is 13.2 Å². The second kappa shape index (κ2) is 5.95. The third kappa shape index (κ3) is 2.28. The fraction of sp³-hybridized carbons (Fsp3) is 0.429. The number of hydrogen-bond acceptors (Lipinski definition) is 2. The molecule has 2 aromatic carbocycles. The summed E-state index contributed by atoms with van der Waals surface area (Å²) in [5.74, 6) is 1.02. The van der Waals surface area contributed by atoms with Crippen molar-refractivity contribution in [2.75, 3.05) is 13.2 Å². The molecule has 1 spiro atoms. The first-order valence-corrected chi connectivity index (χ1v) is 10.5. The Kier molecular flexibility index (Phi) is 3.74. The summed E-state index contributed by atoms with van der Waals surface area (Å²) in [5.41, 5.74) is 0.683. The van der Waals surface area contributed by atoms with Crippen molar-refractivity contribution in [3.63, 3.8) is 0 Å². The Hall–Kier alpha value is -1.21. The molecule has 0 amide bonds. The Balaban J connectivity index is 1.58. The third-order valence-corrected chi connectivity index (χ3v) is 9.09. The van der Waals surface area contributed by atoms with E-state index in [0.29, 0.717) is 11.6 Å². The van der Waals surface area contributed by atoms with Gasteiger partial charge in [0, 0.05) is 12.3 Å². The van der Waals surface area contributed by atoms with Crippen LogP contribution in [0.15, 0.2) is 60.7 Å². The van der Waals surface area contributed by atoms with Gasteiger partial charge >= 0.3 is 0 Å². The zero-order chi connectivity index (χ0) is 16.0. The van der Waals surface area contributed by atoms with Gasteiger partial charge < -0.3 is 9.47 Å². The number of hydrogen-bond donors (Lipinski definition) is 0. The Morgan fingerprint density at radius 1 is 0.792 bits per heavy atom. The maximum atomic E-state index is 6.18. The molecule has 2 nitrogen and oxygen atoms in total. The topological polar surface area (TPSA) is 18.5 Å². The summed E-state index contributed by atoms with van der Waals surface area (Å²) >= 11 is 0. The van der Waals surface area contributed by atoms with E-state index in [0.717, 1.165) is 25.6 Å². The summed E-state index contributed by atoms with van der Waals surface area (Å²) in [5, 5.41) is 2.99. The second-order valence-electron chi connectivity index (χ2n) is 7.19. The van der Waals surface area contributed by atoms with Crippen LogP contribution in [-0.2, 0) is 9.47 Å². The summed E-state index contributed by atoms with van der Waals surface area (Å²) in [7, 11) is -0.370. The first-order valence-electron chi connectivity index (χ1n) is 9.05. The molecule has 24 heavy (non-hydrogen) atoms. The van der Waals surface area contributed by atoms with E-state index in [1.54, 1.807) is 0 Å². The standard InChI is InChI=1S/C21H23O2P/c1-3-7-17(8-4-1)24(18-9-5-2-6-10-18)20-16-11-12-19(20)21(15-16)22-13-14-23-21/h1-10,16,19-20H,11-15H2. The quantitative estimate of drug-likeness (QED) is 0.795. The number of benzene rings is 2. The average molecular weight is 338 g/mol. The smallest absolute Gasteiger partial charge is 0.172 e. The monoisotopic (exact) mass is 338 g/mol. The van der Waals surface area contributed by atoms with Crippen molar-refractivity contribution < 1.29 is 9.47 Å². The van der Waals surface area contributed by atoms with Crippen LogP contribution in [0, 0.1) is 11.8 Å². The number of rotatable bonds is 3. The van der Waals surface area contributed by atoms with Crippen molar-refractivity contribution in [2.45, 2.75) is 30.7 Å².